The molecule has 0 atom stereocenters. The van der Waals surface area contributed by atoms with Crippen LogP contribution in [0.25, 0.3) is 0 Å². The summed E-state index contributed by atoms with van der Waals surface area (Å²) in [5.41, 5.74) is 5.48. The minimum atomic E-state index is -3.61. The predicted molar refractivity (Wildman–Crippen MR) is 99.9 cm³/mol. The largest absolute Gasteiger partial charge is 0.349 e. The van der Waals surface area contributed by atoms with Crippen LogP contribution >= 0.6 is 0 Å². The maximum Gasteiger partial charge on any atom is 0.262 e. The van der Waals surface area contributed by atoms with E-state index in [1.165, 1.54) is 10.5 Å². The second-order valence-corrected chi connectivity index (χ2v) is 8.98. The summed E-state index contributed by atoms with van der Waals surface area (Å²) in [7, 11) is -1.85. The van der Waals surface area contributed by atoms with Crippen molar-refractivity contribution in [1.82, 2.24) is 19.2 Å². The molecule has 0 aromatic carbocycles. The molecule has 0 aliphatic carbocycles. The van der Waals surface area contributed by atoms with Crippen LogP contribution in [0.2, 0.25) is 0 Å². The fraction of sp³-hybridized carbons (Fsp3) is 0.765. The highest BCUT2D eigenvalue weighted by Crippen LogP contribution is 2.25. The number of imidazole rings is 1. The van der Waals surface area contributed by atoms with E-state index >= 15 is 0 Å². The van der Waals surface area contributed by atoms with Gasteiger partial charge in [-0.05, 0) is 32.6 Å². The molecular weight excluding hydrogens is 354 g/mol. The van der Waals surface area contributed by atoms with E-state index in [9.17, 15) is 13.2 Å². The number of nitrogens with two attached hydrogens (primary N) is 1. The number of amides is 1. The van der Waals surface area contributed by atoms with Crippen molar-refractivity contribution in [3.05, 3.63) is 12.0 Å². The Morgan fingerprint density at radius 2 is 1.92 bits per heavy atom. The van der Waals surface area contributed by atoms with Crippen molar-refractivity contribution in [3.8, 4) is 0 Å². The fourth-order valence-electron chi connectivity index (χ4n) is 3.27. The van der Waals surface area contributed by atoms with Crippen molar-refractivity contribution in [2.75, 3.05) is 19.6 Å². The minimum Gasteiger partial charge on any atom is -0.349 e. The van der Waals surface area contributed by atoms with Crippen molar-refractivity contribution in [1.29, 1.82) is 0 Å². The van der Waals surface area contributed by atoms with Crippen LogP contribution in [0.5, 0.6) is 0 Å². The standard InChI is InChI=1S/C17H31N5O3S/c1-5-17(6-2,12-18)20-16(23)14-7-9-22(10-8-14)26(24,25)15-11-21(4)13(3)19-15/h11,14H,5-10,12,18H2,1-4H3,(H,20,23). The van der Waals surface area contributed by atoms with E-state index in [0.29, 0.717) is 38.3 Å². The Labute approximate surface area is 156 Å². The smallest absolute Gasteiger partial charge is 0.262 e. The molecule has 1 aromatic rings. The number of hydrogen-bond acceptors (Lipinski definition) is 5. The second kappa shape index (κ2) is 8.06. The van der Waals surface area contributed by atoms with Gasteiger partial charge in [0, 0.05) is 38.8 Å². The zero-order valence-electron chi connectivity index (χ0n) is 16.2. The Balaban J connectivity index is 2.01. The van der Waals surface area contributed by atoms with Crippen LogP contribution in [0.4, 0.5) is 0 Å². The molecule has 1 saturated heterocycles. The minimum absolute atomic E-state index is 0.0233. The Morgan fingerprint density at radius 1 is 1.35 bits per heavy atom. The molecule has 9 heteroatoms. The SMILES string of the molecule is CCC(CC)(CN)NC(=O)C1CCN(S(=O)(=O)c2cn(C)c(C)n2)CC1. The van der Waals surface area contributed by atoms with Gasteiger partial charge in [-0.25, -0.2) is 13.4 Å². The topological polar surface area (TPSA) is 110 Å². The molecule has 0 spiro atoms. The summed E-state index contributed by atoms with van der Waals surface area (Å²) in [4.78, 5) is 16.7. The third-order valence-corrected chi connectivity index (χ3v) is 7.42. The number of nitrogens with one attached hydrogen (secondary N) is 1. The van der Waals surface area contributed by atoms with E-state index in [4.69, 9.17) is 5.73 Å². The first kappa shape index (κ1) is 20.9. The van der Waals surface area contributed by atoms with Gasteiger partial charge in [0.2, 0.25) is 5.91 Å². The summed E-state index contributed by atoms with van der Waals surface area (Å²) in [6, 6.07) is 0. The monoisotopic (exact) mass is 385 g/mol. The number of carbonyl (C=O) groups is 1. The van der Waals surface area contributed by atoms with Gasteiger partial charge in [-0.15, -0.1) is 0 Å². The van der Waals surface area contributed by atoms with Crippen LogP contribution in [-0.2, 0) is 21.9 Å². The average Bonchev–Trinajstić information content (AvgIpc) is 2.99. The van der Waals surface area contributed by atoms with Gasteiger partial charge in [0.15, 0.2) is 5.03 Å². The molecule has 2 heterocycles. The highest BCUT2D eigenvalue weighted by atomic mass is 32.2. The number of hydrogen-bond donors (Lipinski definition) is 2. The van der Waals surface area contributed by atoms with Crippen molar-refractivity contribution in [2.24, 2.45) is 18.7 Å². The van der Waals surface area contributed by atoms with Gasteiger partial charge in [-0.1, -0.05) is 13.8 Å². The van der Waals surface area contributed by atoms with Gasteiger partial charge < -0.3 is 15.6 Å². The lowest BCUT2D eigenvalue weighted by Gasteiger charge is -2.35. The van der Waals surface area contributed by atoms with Crippen molar-refractivity contribution in [2.45, 2.75) is 57.0 Å². The van der Waals surface area contributed by atoms with Crippen LogP contribution in [0.15, 0.2) is 11.2 Å². The molecule has 148 valence electrons. The number of piperidine rings is 1. The van der Waals surface area contributed by atoms with E-state index < -0.39 is 10.0 Å². The van der Waals surface area contributed by atoms with Crippen LogP contribution < -0.4 is 11.1 Å². The molecule has 8 nitrogen and oxygen atoms in total. The van der Waals surface area contributed by atoms with Crippen molar-refractivity contribution in [3.63, 3.8) is 0 Å². The molecule has 0 saturated carbocycles. The van der Waals surface area contributed by atoms with Crippen LogP contribution in [0.3, 0.4) is 0 Å². The quantitative estimate of drug-likeness (QED) is 0.720. The molecule has 3 N–H and O–H groups in total. The van der Waals surface area contributed by atoms with Crippen molar-refractivity contribution < 1.29 is 13.2 Å². The normalized spacial score (nSPS) is 17.4. The second-order valence-electron chi connectivity index (χ2n) is 7.10. The Morgan fingerprint density at radius 3 is 2.35 bits per heavy atom. The molecule has 1 amide bonds. The molecule has 0 radical (unpaired) electrons. The molecule has 1 aromatic heterocycles. The van der Waals surface area contributed by atoms with Gasteiger partial charge in [0.05, 0.1) is 5.54 Å². The number of rotatable bonds is 7. The van der Waals surface area contributed by atoms with E-state index in [-0.39, 0.29) is 22.4 Å². The first-order valence-corrected chi connectivity index (χ1v) is 10.6. The maximum atomic E-state index is 12.7. The van der Waals surface area contributed by atoms with E-state index in [1.807, 2.05) is 13.8 Å². The van der Waals surface area contributed by atoms with Crippen LogP contribution in [-0.4, -0.2) is 53.4 Å². The number of carbonyl (C=O) groups excluding carboxylic acids is 1. The number of nitrogens with zero attached hydrogens (tertiary/aromatic N) is 3. The maximum absolute atomic E-state index is 12.7. The molecule has 1 fully saturated rings. The average molecular weight is 386 g/mol. The van der Waals surface area contributed by atoms with Gasteiger partial charge in [-0.2, -0.15) is 4.31 Å². The summed E-state index contributed by atoms with van der Waals surface area (Å²) in [5, 5.41) is 3.17. The fourth-order valence-corrected chi connectivity index (χ4v) is 4.77. The lowest BCUT2D eigenvalue weighted by molar-refractivity contribution is -0.128. The Kier molecular flexibility index (Phi) is 6.46. The van der Waals surface area contributed by atoms with E-state index in [2.05, 4.69) is 10.3 Å². The first-order chi connectivity index (χ1) is 12.2. The molecule has 1 aliphatic rings. The highest BCUT2D eigenvalue weighted by Gasteiger charge is 2.35. The van der Waals surface area contributed by atoms with Gasteiger partial charge in [-0.3, -0.25) is 4.79 Å². The molecule has 26 heavy (non-hydrogen) atoms. The van der Waals surface area contributed by atoms with Gasteiger partial charge >= 0.3 is 0 Å². The molecule has 2 rings (SSSR count). The Hall–Kier alpha value is -1.45. The lowest BCUT2D eigenvalue weighted by Crippen LogP contribution is -2.55. The van der Waals surface area contributed by atoms with E-state index in [1.54, 1.807) is 18.5 Å². The number of aryl methyl sites for hydroxylation is 2. The summed E-state index contributed by atoms with van der Waals surface area (Å²) >= 11 is 0. The summed E-state index contributed by atoms with van der Waals surface area (Å²) in [6.07, 6.45) is 4.09. The van der Waals surface area contributed by atoms with E-state index in [0.717, 1.165) is 12.8 Å². The lowest BCUT2D eigenvalue weighted by atomic mass is 9.90. The predicted octanol–water partition coefficient (Wildman–Crippen LogP) is 0.763. The summed E-state index contributed by atoms with van der Waals surface area (Å²) in [6.45, 7) is 6.84. The molecule has 0 bridgehead atoms. The zero-order chi connectivity index (χ0) is 19.5. The highest BCUT2D eigenvalue weighted by molar-refractivity contribution is 7.89. The zero-order valence-corrected chi connectivity index (χ0v) is 17.0. The third kappa shape index (κ3) is 4.10. The third-order valence-electron chi connectivity index (χ3n) is 5.65. The summed E-state index contributed by atoms with van der Waals surface area (Å²) < 4.78 is 28.6. The first-order valence-electron chi connectivity index (χ1n) is 9.21. The number of aromatic nitrogens is 2. The van der Waals surface area contributed by atoms with Crippen LogP contribution in [0, 0.1) is 12.8 Å². The van der Waals surface area contributed by atoms with Gasteiger partial charge in [0.25, 0.3) is 10.0 Å². The molecule has 1 aliphatic heterocycles. The number of sulfonamides is 1. The van der Waals surface area contributed by atoms with Gasteiger partial charge in [0.1, 0.15) is 5.82 Å². The van der Waals surface area contributed by atoms with Crippen molar-refractivity contribution >= 4 is 15.9 Å². The summed E-state index contributed by atoms with van der Waals surface area (Å²) in [5.74, 6) is 0.441. The molecule has 0 unspecified atom stereocenters. The Bertz CT molecular complexity index is 704. The molecular formula is C17H31N5O3S. The van der Waals surface area contributed by atoms with Crippen LogP contribution in [0.1, 0.15) is 45.4 Å².